The molecule has 0 bridgehead atoms. The molecular weight excluding hydrogens is 372 g/mol. The molecule has 0 atom stereocenters. The van der Waals surface area contributed by atoms with Crippen molar-refractivity contribution in [3.8, 4) is 0 Å². The fourth-order valence-corrected chi connectivity index (χ4v) is 5.40. The largest absolute Gasteiger partial charge is 0.462 e. The van der Waals surface area contributed by atoms with E-state index in [2.05, 4.69) is 45.0 Å². The number of carbonyl (C=O) groups excluding carboxylic acids is 1. The molecule has 0 aliphatic carbocycles. The van der Waals surface area contributed by atoms with Crippen LogP contribution in [0.4, 0.5) is 0 Å². The Morgan fingerprint density at radius 1 is 1.04 bits per heavy atom. The van der Waals surface area contributed by atoms with E-state index in [0.717, 1.165) is 17.1 Å². The van der Waals surface area contributed by atoms with Crippen molar-refractivity contribution in [2.75, 3.05) is 18.1 Å². The minimum absolute atomic E-state index is 0.270. The molecule has 3 rings (SSSR count). The molecule has 0 fully saturated rings. The maximum absolute atomic E-state index is 11.8. The van der Waals surface area contributed by atoms with Crippen molar-refractivity contribution in [1.82, 2.24) is 0 Å². The summed E-state index contributed by atoms with van der Waals surface area (Å²) in [7, 11) is 0. The van der Waals surface area contributed by atoms with Crippen molar-refractivity contribution >= 4 is 41.1 Å². The lowest BCUT2D eigenvalue weighted by molar-refractivity contribution is 0.0526. The van der Waals surface area contributed by atoms with Gasteiger partial charge in [-0.2, -0.15) is 0 Å². The Bertz CT molecular complexity index is 851. The molecule has 0 aromatic heterocycles. The second-order valence-corrected chi connectivity index (χ2v) is 9.61. The minimum Gasteiger partial charge on any atom is -0.462 e. The molecule has 0 radical (unpaired) electrons. The highest BCUT2D eigenvalue weighted by Crippen LogP contribution is 2.43. The van der Waals surface area contributed by atoms with Gasteiger partial charge in [0.25, 0.3) is 0 Å². The highest BCUT2D eigenvalue weighted by Gasteiger charge is 2.23. The van der Waals surface area contributed by atoms with E-state index in [9.17, 15) is 4.79 Å². The van der Waals surface area contributed by atoms with E-state index in [4.69, 9.17) is 4.74 Å². The van der Waals surface area contributed by atoms with Crippen molar-refractivity contribution in [1.29, 1.82) is 0 Å². The van der Waals surface area contributed by atoms with Crippen LogP contribution in [0.3, 0.4) is 0 Å². The van der Waals surface area contributed by atoms with E-state index < -0.39 is 0 Å². The van der Waals surface area contributed by atoms with Gasteiger partial charge in [-0.05, 0) is 60.2 Å². The zero-order valence-corrected chi connectivity index (χ0v) is 18.0. The van der Waals surface area contributed by atoms with Crippen molar-refractivity contribution in [3.05, 3.63) is 59.2 Å². The highest BCUT2D eigenvalue weighted by atomic mass is 32.2. The van der Waals surface area contributed by atoms with Crippen LogP contribution in [-0.2, 0) is 4.74 Å². The van der Waals surface area contributed by atoms with Crippen molar-refractivity contribution in [2.45, 2.75) is 37.5 Å². The van der Waals surface area contributed by atoms with Crippen LogP contribution in [0.1, 0.15) is 49.2 Å². The molecule has 1 aliphatic heterocycles. The number of benzene rings is 2. The molecule has 2 aromatic rings. The van der Waals surface area contributed by atoms with Crippen LogP contribution >= 0.6 is 23.5 Å². The first-order valence-corrected chi connectivity index (χ1v) is 11.2. The zero-order chi connectivity index (χ0) is 19.4. The molecule has 2 nitrogen and oxygen atoms in total. The van der Waals surface area contributed by atoms with Gasteiger partial charge in [0.15, 0.2) is 0 Å². The first kappa shape index (κ1) is 20.1. The maximum Gasteiger partial charge on any atom is 0.338 e. The number of esters is 1. The van der Waals surface area contributed by atoms with Gasteiger partial charge < -0.3 is 4.74 Å². The molecule has 27 heavy (non-hydrogen) atoms. The normalized spacial score (nSPS) is 16.4. The van der Waals surface area contributed by atoms with Gasteiger partial charge in [0.05, 0.1) is 12.2 Å². The van der Waals surface area contributed by atoms with E-state index in [-0.39, 0.29) is 5.97 Å². The number of carbonyl (C=O) groups is 1. The molecule has 0 unspecified atom stereocenters. The summed E-state index contributed by atoms with van der Waals surface area (Å²) in [6, 6.07) is 14.4. The van der Waals surface area contributed by atoms with Gasteiger partial charge in [0, 0.05) is 21.3 Å². The summed E-state index contributed by atoms with van der Waals surface area (Å²) in [6.45, 7) is 9.03. The Morgan fingerprint density at radius 3 is 2.33 bits per heavy atom. The van der Waals surface area contributed by atoms with Crippen LogP contribution in [0, 0.1) is 5.41 Å². The van der Waals surface area contributed by atoms with E-state index >= 15 is 0 Å². The number of rotatable bonds is 4. The van der Waals surface area contributed by atoms with Gasteiger partial charge in [-0.15, -0.1) is 23.5 Å². The Morgan fingerprint density at radius 2 is 1.67 bits per heavy atom. The molecular formula is C23H26O2S2. The van der Waals surface area contributed by atoms with Gasteiger partial charge in [-0.25, -0.2) is 4.79 Å². The Labute approximate surface area is 170 Å². The standard InChI is InChI=1S/C23H26O2S2/c1-5-25-22(24)18-8-6-17(7-9-18)12-16(2)19-10-11-20-21(13-19)27-15-23(3,4)14-26-20/h6-13H,5,14-15H2,1-4H3. The van der Waals surface area contributed by atoms with E-state index in [1.807, 2.05) is 54.7 Å². The van der Waals surface area contributed by atoms with E-state index in [1.54, 1.807) is 0 Å². The lowest BCUT2D eigenvalue weighted by Gasteiger charge is -2.19. The number of thioether (sulfide) groups is 2. The maximum atomic E-state index is 11.8. The monoisotopic (exact) mass is 398 g/mol. The van der Waals surface area contributed by atoms with E-state index in [1.165, 1.54) is 20.9 Å². The summed E-state index contributed by atoms with van der Waals surface area (Å²) in [5.74, 6) is 2.04. The predicted molar refractivity (Wildman–Crippen MR) is 118 cm³/mol. The SMILES string of the molecule is CCOC(=O)c1ccc(C=C(C)c2ccc3c(c2)SCC(C)(C)CS3)cc1. The third-order valence-corrected chi connectivity index (χ3v) is 7.74. The van der Waals surface area contributed by atoms with Crippen molar-refractivity contribution in [2.24, 2.45) is 5.41 Å². The van der Waals surface area contributed by atoms with Crippen LogP contribution < -0.4 is 0 Å². The molecule has 1 aliphatic rings. The van der Waals surface area contributed by atoms with E-state index in [0.29, 0.717) is 17.6 Å². The van der Waals surface area contributed by atoms with Gasteiger partial charge in [-0.1, -0.05) is 38.1 Å². The fraction of sp³-hybridized carbons (Fsp3) is 0.348. The quantitative estimate of drug-likeness (QED) is 0.425. The lowest BCUT2D eigenvalue weighted by Crippen LogP contribution is -2.16. The van der Waals surface area contributed by atoms with Crippen LogP contribution in [0.15, 0.2) is 52.3 Å². The second-order valence-electron chi connectivity index (χ2n) is 7.57. The fourth-order valence-electron chi connectivity index (χ4n) is 2.84. The van der Waals surface area contributed by atoms with Crippen LogP contribution in [-0.4, -0.2) is 24.1 Å². The number of hydrogen-bond donors (Lipinski definition) is 0. The van der Waals surface area contributed by atoms with Crippen LogP contribution in [0.25, 0.3) is 11.6 Å². The second kappa shape index (κ2) is 8.57. The third-order valence-electron chi connectivity index (χ3n) is 4.44. The molecule has 0 amide bonds. The van der Waals surface area contributed by atoms with Gasteiger partial charge >= 0.3 is 5.97 Å². The Kier molecular flexibility index (Phi) is 6.38. The number of ether oxygens (including phenoxy) is 1. The summed E-state index contributed by atoms with van der Waals surface area (Å²) in [6.07, 6.45) is 2.16. The molecule has 0 spiro atoms. The summed E-state index contributed by atoms with van der Waals surface area (Å²) in [5, 5.41) is 0. The molecule has 0 saturated carbocycles. The summed E-state index contributed by atoms with van der Waals surface area (Å²) >= 11 is 3.93. The third kappa shape index (κ3) is 5.20. The smallest absolute Gasteiger partial charge is 0.338 e. The summed E-state index contributed by atoms with van der Waals surface area (Å²) in [4.78, 5) is 14.5. The molecule has 0 N–H and O–H groups in total. The van der Waals surface area contributed by atoms with Crippen molar-refractivity contribution < 1.29 is 9.53 Å². The first-order chi connectivity index (χ1) is 12.9. The number of fused-ring (bicyclic) bond motifs is 1. The summed E-state index contributed by atoms with van der Waals surface area (Å²) in [5.41, 5.74) is 4.50. The predicted octanol–water partition coefficient (Wildman–Crippen LogP) is 6.65. The lowest BCUT2D eigenvalue weighted by atomic mass is 10.0. The minimum atomic E-state index is -0.270. The van der Waals surface area contributed by atoms with Crippen molar-refractivity contribution in [3.63, 3.8) is 0 Å². The van der Waals surface area contributed by atoms with Gasteiger partial charge in [-0.3, -0.25) is 0 Å². The first-order valence-electron chi connectivity index (χ1n) is 9.23. The molecule has 142 valence electrons. The zero-order valence-electron chi connectivity index (χ0n) is 16.4. The van der Waals surface area contributed by atoms with Crippen LogP contribution in [0.5, 0.6) is 0 Å². The molecule has 2 aromatic carbocycles. The number of hydrogen-bond acceptors (Lipinski definition) is 4. The average Bonchev–Trinajstić information content (AvgIpc) is 2.80. The molecule has 0 saturated heterocycles. The topological polar surface area (TPSA) is 26.3 Å². The molecule has 1 heterocycles. The number of allylic oxidation sites excluding steroid dienone is 1. The van der Waals surface area contributed by atoms with Gasteiger partial charge in [0.1, 0.15) is 0 Å². The highest BCUT2D eigenvalue weighted by molar-refractivity contribution is 8.03. The Balaban J connectivity index is 1.79. The van der Waals surface area contributed by atoms with Gasteiger partial charge in [0.2, 0.25) is 0 Å². The average molecular weight is 399 g/mol. The summed E-state index contributed by atoms with van der Waals surface area (Å²) < 4.78 is 5.04. The van der Waals surface area contributed by atoms with Crippen LogP contribution in [0.2, 0.25) is 0 Å². The Hall–Kier alpha value is -1.65. The molecule has 4 heteroatoms.